The predicted molar refractivity (Wildman–Crippen MR) is 90.7 cm³/mol. The van der Waals surface area contributed by atoms with Gasteiger partial charge in [0, 0.05) is 18.5 Å². The first-order chi connectivity index (χ1) is 9.92. The quantitative estimate of drug-likeness (QED) is 0.872. The van der Waals surface area contributed by atoms with Gasteiger partial charge in [-0.3, -0.25) is 4.79 Å². The Kier molecular flexibility index (Phi) is 5.08. The molecule has 0 aliphatic rings. The van der Waals surface area contributed by atoms with E-state index < -0.39 is 0 Å². The summed E-state index contributed by atoms with van der Waals surface area (Å²) >= 11 is 8.66. The molecule has 0 saturated carbocycles. The SMILES string of the molecule is CCN(C)c1nc(N)c(C(=O)NC(C)c2ccc(Cl)s2)s1. The molecule has 1 atom stereocenters. The first kappa shape index (κ1) is 16.1. The lowest BCUT2D eigenvalue weighted by atomic mass is 10.2. The molecule has 114 valence electrons. The second-order valence-electron chi connectivity index (χ2n) is 4.56. The van der Waals surface area contributed by atoms with Gasteiger partial charge >= 0.3 is 0 Å². The third-order valence-electron chi connectivity index (χ3n) is 3.02. The van der Waals surface area contributed by atoms with Crippen LogP contribution in [-0.4, -0.2) is 24.5 Å². The molecule has 0 saturated heterocycles. The number of halogens is 1. The lowest BCUT2D eigenvalue weighted by Crippen LogP contribution is -2.26. The van der Waals surface area contributed by atoms with Gasteiger partial charge in [0.05, 0.1) is 10.4 Å². The van der Waals surface area contributed by atoms with Crippen LogP contribution >= 0.6 is 34.3 Å². The van der Waals surface area contributed by atoms with Crippen molar-refractivity contribution in [3.63, 3.8) is 0 Å². The van der Waals surface area contributed by atoms with Crippen molar-refractivity contribution in [1.29, 1.82) is 0 Å². The summed E-state index contributed by atoms with van der Waals surface area (Å²) in [6.07, 6.45) is 0. The molecule has 0 radical (unpaired) electrons. The Labute approximate surface area is 136 Å². The molecular formula is C13H17ClN4OS2. The lowest BCUT2D eigenvalue weighted by Gasteiger charge is -2.12. The number of thiazole rings is 1. The number of hydrogen-bond donors (Lipinski definition) is 2. The Bertz CT molecular complexity index is 640. The van der Waals surface area contributed by atoms with Crippen LogP contribution in [0.1, 0.15) is 34.4 Å². The summed E-state index contributed by atoms with van der Waals surface area (Å²) in [5, 5.41) is 3.66. The number of amides is 1. The standard InChI is InChI=1S/C13H17ClN4OS2/c1-4-18(3)13-17-11(15)10(21-13)12(19)16-7(2)8-5-6-9(14)20-8/h5-7H,4,15H2,1-3H3,(H,16,19). The third-order valence-corrected chi connectivity index (χ3v) is 5.62. The number of nitrogen functional groups attached to an aromatic ring is 1. The zero-order valence-electron chi connectivity index (χ0n) is 12.0. The van der Waals surface area contributed by atoms with Gasteiger partial charge in [-0.2, -0.15) is 0 Å². The van der Waals surface area contributed by atoms with Gasteiger partial charge in [-0.05, 0) is 26.0 Å². The molecule has 0 aliphatic heterocycles. The van der Waals surface area contributed by atoms with Crippen molar-refractivity contribution in [3.05, 3.63) is 26.2 Å². The number of nitrogens with two attached hydrogens (primary N) is 1. The number of nitrogens with zero attached hydrogens (tertiary/aromatic N) is 2. The van der Waals surface area contributed by atoms with Crippen LogP contribution < -0.4 is 16.0 Å². The van der Waals surface area contributed by atoms with Crippen LogP contribution in [0.3, 0.4) is 0 Å². The Hall–Kier alpha value is -1.31. The van der Waals surface area contributed by atoms with Crippen molar-refractivity contribution in [2.45, 2.75) is 19.9 Å². The number of hydrogen-bond acceptors (Lipinski definition) is 6. The molecule has 5 nitrogen and oxygen atoms in total. The fourth-order valence-electron chi connectivity index (χ4n) is 1.68. The van der Waals surface area contributed by atoms with E-state index in [1.54, 1.807) is 0 Å². The van der Waals surface area contributed by atoms with Crippen LogP contribution in [0.2, 0.25) is 4.34 Å². The summed E-state index contributed by atoms with van der Waals surface area (Å²) in [6.45, 7) is 4.73. The van der Waals surface area contributed by atoms with Gasteiger partial charge in [-0.25, -0.2) is 4.98 Å². The maximum Gasteiger partial charge on any atom is 0.265 e. The zero-order valence-corrected chi connectivity index (χ0v) is 14.4. The molecule has 0 fully saturated rings. The molecular weight excluding hydrogens is 328 g/mol. The number of carbonyl (C=O) groups is 1. The highest BCUT2D eigenvalue weighted by Crippen LogP contribution is 2.29. The van der Waals surface area contributed by atoms with Crippen LogP contribution in [0, 0.1) is 0 Å². The lowest BCUT2D eigenvalue weighted by molar-refractivity contribution is 0.0945. The minimum absolute atomic E-state index is 0.121. The summed E-state index contributed by atoms with van der Waals surface area (Å²) in [4.78, 5) is 19.9. The van der Waals surface area contributed by atoms with E-state index in [0.717, 1.165) is 16.6 Å². The number of rotatable bonds is 5. The molecule has 2 aromatic heterocycles. The van der Waals surface area contributed by atoms with Gasteiger partial charge in [0.15, 0.2) is 5.13 Å². The molecule has 21 heavy (non-hydrogen) atoms. The largest absolute Gasteiger partial charge is 0.382 e. The molecule has 0 aliphatic carbocycles. The van der Waals surface area contributed by atoms with Gasteiger partial charge < -0.3 is 16.0 Å². The molecule has 3 N–H and O–H groups in total. The zero-order chi connectivity index (χ0) is 15.6. The topological polar surface area (TPSA) is 71.2 Å². The van der Waals surface area contributed by atoms with E-state index >= 15 is 0 Å². The molecule has 2 aromatic rings. The van der Waals surface area contributed by atoms with Gasteiger partial charge in [-0.15, -0.1) is 11.3 Å². The van der Waals surface area contributed by atoms with E-state index in [4.69, 9.17) is 17.3 Å². The number of thiophene rings is 1. The summed E-state index contributed by atoms with van der Waals surface area (Å²) in [6, 6.07) is 3.60. The first-order valence-electron chi connectivity index (χ1n) is 6.46. The van der Waals surface area contributed by atoms with Crippen molar-refractivity contribution >= 4 is 51.1 Å². The van der Waals surface area contributed by atoms with E-state index in [0.29, 0.717) is 9.21 Å². The Morgan fingerprint density at radius 2 is 2.24 bits per heavy atom. The Morgan fingerprint density at radius 3 is 2.81 bits per heavy atom. The second-order valence-corrected chi connectivity index (χ2v) is 7.29. The minimum Gasteiger partial charge on any atom is -0.382 e. The normalized spacial score (nSPS) is 12.2. The van der Waals surface area contributed by atoms with Crippen molar-refractivity contribution < 1.29 is 4.79 Å². The minimum atomic E-state index is -0.210. The van der Waals surface area contributed by atoms with E-state index in [2.05, 4.69) is 10.3 Å². The van der Waals surface area contributed by atoms with Crippen LogP contribution in [0.5, 0.6) is 0 Å². The maximum absolute atomic E-state index is 12.3. The van der Waals surface area contributed by atoms with Crippen LogP contribution in [0.25, 0.3) is 0 Å². The van der Waals surface area contributed by atoms with Crippen LogP contribution in [0.15, 0.2) is 12.1 Å². The third kappa shape index (κ3) is 3.66. The molecule has 0 spiro atoms. The summed E-state index contributed by atoms with van der Waals surface area (Å²) < 4.78 is 0.704. The summed E-state index contributed by atoms with van der Waals surface area (Å²) in [5.74, 6) is 0.0574. The number of carbonyl (C=O) groups excluding carboxylic acids is 1. The fourth-order valence-corrected chi connectivity index (χ4v) is 3.65. The summed E-state index contributed by atoms with van der Waals surface area (Å²) in [5.41, 5.74) is 5.85. The van der Waals surface area contributed by atoms with Crippen molar-refractivity contribution in [3.8, 4) is 0 Å². The predicted octanol–water partition coefficient (Wildman–Crippen LogP) is 3.39. The van der Waals surface area contributed by atoms with Crippen molar-refractivity contribution in [2.24, 2.45) is 0 Å². The molecule has 0 aromatic carbocycles. The Balaban J connectivity index is 2.11. The fraction of sp³-hybridized carbons (Fsp3) is 0.385. The molecule has 2 rings (SSSR count). The molecule has 0 bridgehead atoms. The highest BCUT2D eigenvalue weighted by molar-refractivity contribution is 7.18. The monoisotopic (exact) mass is 344 g/mol. The maximum atomic E-state index is 12.3. The van der Waals surface area contributed by atoms with Crippen LogP contribution in [0.4, 0.5) is 10.9 Å². The summed E-state index contributed by atoms with van der Waals surface area (Å²) in [7, 11) is 1.91. The van der Waals surface area contributed by atoms with Gasteiger partial charge in [-0.1, -0.05) is 22.9 Å². The number of anilines is 2. The molecule has 8 heteroatoms. The van der Waals surface area contributed by atoms with Crippen LogP contribution in [-0.2, 0) is 0 Å². The smallest absolute Gasteiger partial charge is 0.265 e. The van der Waals surface area contributed by atoms with Gasteiger partial charge in [0.1, 0.15) is 10.7 Å². The Morgan fingerprint density at radius 1 is 1.52 bits per heavy atom. The van der Waals surface area contributed by atoms with E-state index in [-0.39, 0.29) is 17.8 Å². The van der Waals surface area contributed by atoms with E-state index in [1.807, 2.05) is 37.9 Å². The van der Waals surface area contributed by atoms with Crippen molar-refractivity contribution in [2.75, 3.05) is 24.2 Å². The van der Waals surface area contributed by atoms with Crippen molar-refractivity contribution in [1.82, 2.24) is 10.3 Å². The average molecular weight is 345 g/mol. The van der Waals surface area contributed by atoms with Gasteiger partial charge in [0.25, 0.3) is 5.91 Å². The van der Waals surface area contributed by atoms with E-state index in [9.17, 15) is 4.79 Å². The van der Waals surface area contributed by atoms with E-state index in [1.165, 1.54) is 22.7 Å². The molecule has 1 amide bonds. The number of nitrogens with one attached hydrogen (secondary N) is 1. The average Bonchev–Trinajstić information content (AvgIpc) is 3.04. The number of aromatic nitrogens is 1. The molecule has 1 unspecified atom stereocenters. The first-order valence-corrected chi connectivity index (χ1v) is 8.47. The highest BCUT2D eigenvalue weighted by Gasteiger charge is 2.20. The highest BCUT2D eigenvalue weighted by atomic mass is 35.5. The molecule has 2 heterocycles. The van der Waals surface area contributed by atoms with Gasteiger partial charge in [0.2, 0.25) is 0 Å². The second kappa shape index (κ2) is 6.64.